The molecular weight excluding hydrogens is 242 g/mol. The van der Waals surface area contributed by atoms with Crippen molar-refractivity contribution in [1.29, 1.82) is 0 Å². The van der Waals surface area contributed by atoms with Gasteiger partial charge in [-0.15, -0.1) is 0 Å². The molecule has 1 fully saturated rings. The third-order valence-corrected chi connectivity index (χ3v) is 3.16. The van der Waals surface area contributed by atoms with Crippen LogP contribution in [0.15, 0.2) is 24.3 Å². The Hall–Kier alpha value is -1.10. The average molecular weight is 265 g/mol. The minimum absolute atomic E-state index is 0.0874. The minimum atomic E-state index is -0.0874. The molecule has 1 aliphatic heterocycles. The summed E-state index contributed by atoms with van der Waals surface area (Å²) in [6, 6.07) is 8.49. The molecule has 1 aromatic rings. The quantitative estimate of drug-likeness (QED) is 0.822. The Morgan fingerprint density at radius 3 is 2.47 bits per heavy atom. The maximum Gasteiger partial charge on any atom is 0.159 e. The normalized spacial score (nSPS) is 17.6. The van der Waals surface area contributed by atoms with E-state index in [2.05, 4.69) is 24.4 Å². The van der Waals surface area contributed by atoms with Gasteiger partial charge in [-0.3, -0.25) is 0 Å². The zero-order valence-corrected chi connectivity index (χ0v) is 11.7. The van der Waals surface area contributed by atoms with E-state index in [-0.39, 0.29) is 12.3 Å². The summed E-state index contributed by atoms with van der Waals surface area (Å²) in [6.07, 6.45) is 0.748. The molecule has 1 unspecified atom stereocenters. The molecule has 1 atom stereocenters. The van der Waals surface area contributed by atoms with Gasteiger partial charge in [0, 0.05) is 12.5 Å². The fraction of sp³-hybridized carbons (Fsp3) is 0.600. The summed E-state index contributed by atoms with van der Waals surface area (Å²) in [7, 11) is 0. The zero-order chi connectivity index (χ0) is 13.5. The maximum absolute atomic E-state index is 5.53. The van der Waals surface area contributed by atoms with E-state index in [9.17, 15) is 0 Å². The summed E-state index contributed by atoms with van der Waals surface area (Å²) in [5.41, 5.74) is 1.24. The molecule has 1 aliphatic rings. The number of benzene rings is 1. The summed E-state index contributed by atoms with van der Waals surface area (Å²) < 4.78 is 16.5. The van der Waals surface area contributed by atoms with Crippen molar-refractivity contribution in [2.45, 2.75) is 32.6 Å². The summed E-state index contributed by atoms with van der Waals surface area (Å²) in [5, 5.41) is 3.48. The smallest absolute Gasteiger partial charge is 0.159 e. The van der Waals surface area contributed by atoms with Crippen molar-refractivity contribution < 1.29 is 14.2 Å². The Balaban J connectivity index is 2.00. The number of rotatable bonds is 7. The van der Waals surface area contributed by atoms with Crippen LogP contribution in [0.2, 0.25) is 0 Å². The molecule has 0 saturated carbocycles. The molecule has 0 radical (unpaired) electrons. The van der Waals surface area contributed by atoms with Crippen LogP contribution >= 0.6 is 0 Å². The number of hydrogen-bond donors (Lipinski definition) is 1. The topological polar surface area (TPSA) is 39.7 Å². The first-order valence-corrected chi connectivity index (χ1v) is 7.02. The molecule has 106 valence electrons. The van der Waals surface area contributed by atoms with E-state index in [1.807, 2.05) is 19.1 Å². The molecule has 1 aromatic carbocycles. The largest absolute Gasteiger partial charge is 0.494 e. The Morgan fingerprint density at radius 2 is 1.89 bits per heavy atom. The molecule has 4 heteroatoms. The van der Waals surface area contributed by atoms with Crippen molar-refractivity contribution in [3.05, 3.63) is 29.8 Å². The first-order valence-electron chi connectivity index (χ1n) is 7.02. The predicted molar refractivity (Wildman–Crippen MR) is 74.3 cm³/mol. The van der Waals surface area contributed by atoms with E-state index < -0.39 is 0 Å². The van der Waals surface area contributed by atoms with Crippen LogP contribution in [0.25, 0.3) is 0 Å². The van der Waals surface area contributed by atoms with Gasteiger partial charge in [0.2, 0.25) is 0 Å². The highest BCUT2D eigenvalue weighted by molar-refractivity contribution is 5.29. The second kappa shape index (κ2) is 7.48. The number of nitrogens with one attached hydrogen (secondary N) is 1. The van der Waals surface area contributed by atoms with Gasteiger partial charge >= 0.3 is 0 Å². The highest BCUT2D eigenvalue weighted by atomic mass is 16.7. The van der Waals surface area contributed by atoms with Crippen LogP contribution in [-0.2, 0) is 9.47 Å². The van der Waals surface area contributed by atoms with Gasteiger partial charge < -0.3 is 19.5 Å². The Bertz CT molecular complexity index is 360. The van der Waals surface area contributed by atoms with Crippen molar-refractivity contribution in [3.8, 4) is 5.75 Å². The van der Waals surface area contributed by atoms with Crippen LogP contribution < -0.4 is 10.1 Å². The van der Waals surface area contributed by atoms with Crippen molar-refractivity contribution in [2.24, 2.45) is 0 Å². The van der Waals surface area contributed by atoms with E-state index >= 15 is 0 Å². The standard InChI is InChI=1S/C15H23NO3/c1-3-16-14(11-15-18-9-10-19-15)12-5-7-13(8-6-12)17-4-2/h5-8,14-16H,3-4,9-11H2,1-2H3. The van der Waals surface area contributed by atoms with E-state index in [1.54, 1.807) is 0 Å². The lowest BCUT2D eigenvalue weighted by atomic mass is 10.0. The fourth-order valence-electron chi connectivity index (χ4n) is 2.28. The van der Waals surface area contributed by atoms with Crippen LogP contribution in [0.3, 0.4) is 0 Å². The number of ether oxygens (including phenoxy) is 3. The van der Waals surface area contributed by atoms with Crippen LogP contribution in [-0.4, -0.2) is 32.7 Å². The van der Waals surface area contributed by atoms with Crippen LogP contribution in [0, 0.1) is 0 Å². The average Bonchev–Trinajstić information content (AvgIpc) is 2.93. The zero-order valence-electron chi connectivity index (χ0n) is 11.7. The molecule has 0 amide bonds. The van der Waals surface area contributed by atoms with Gasteiger partial charge in [-0.1, -0.05) is 19.1 Å². The molecule has 0 aliphatic carbocycles. The van der Waals surface area contributed by atoms with Gasteiger partial charge in [-0.25, -0.2) is 0 Å². The van der Waals surface area contributed by atoms with E-state index in [0.29, 0.717) is 19.8 Å². The number of hydrogen-bond acceptors (Lipinski definition) is 4. The Morgan fingerprint density at radius 1 is 1.21 bits per heavy atom. The van der Waals surface area contributed by atoms with Crippen molar-refractivity contribution in [2.75, 3.05) is 26.4 Å². The van der Waals surface area contributed by atoms with Crippen molar-refractivity contribution in [1.82, 2.24) is 5.32 Å². The minimum Gasteiger partial charge on any atom is -0.494 e. The molecule has 1 heterocycles. The van der Waals surface area contributed by atoms with Crippen LogP contribution in [0.5, 0.6) is 5.75 Å². The summed E-state index contributed by atoms with van der Waals surface area (Å²) >= 11 is 0. The highest BCUT2D eigenvalue weighted by Crippen LogP contribution is 2.24. The molecule has 0 spiro atoms. The molecule has 1 N–H and O–H groups in total. The Kier molecular flexibility index (Phi) is 5.63. The van der Waals surface area contributed by atoms with E-state index in [0.717, 1.165) is 18.7 Å². The lowest BCUT2D eigenvalue weighted by Gasteiger charge is -2.21. The molecule has 1 saturated heterocycles. The fourth-order valence-corrected chi connectivity index (χ4v) is 2.28. The third kappa shape index (κ3) is 4.20. The lowest BCUT2D eigenvalue weighted by Crippen LogP contribution is -2.25. The molecule has 0 bridgehead atoms. The second-order valence-corrected chi connectivity index (χ2v) is 4.52. The lowest BCUT2D eigenvalue weighted by molar-refractivity contribution is -0.0529. The highest BCUT2D eigenvalue weighted by Gasteiger charge is 2.22. The molecule has 4 nitrogen and oxygen atoms in total. The first-order chi connectivity index (χ1) is 9.33. The van der Waals surface area contributed by atoms with E-state index in [4.69, 9.17) is 14.2 Å². The van der Waals surface area contributed by atoms with Gasteiger partial charge in [-0.2, -0.15) is 0 Å². The van der Waals surface area contributed by atoms with Crippen molar-refractivity contribution in [3.63, 3.8) is 0 Å². The molecule has 19 heavy (non-hydrogen) atoms. The van der Waals surface area contributed by atoms with Gasteiger partial charge in [0.1, 0.15) is 5.75 Å². The SMILES string of the molecule is CCNC(CC1OCCO1)c1ccc(OCC)cc1. The summed E-state index contributed by atoms with van der Waals surface area (Å²) in [6.45, 7) is 7.12. The maximum atomic E-state index is 5.53. The van der Waals surface area contributed by atoms with Gasteiger partial charge in [0.05, 0.1) is 19.8 Å². The second-order valence-electron chi connectivity index (χ2n) is 4.52. The summed E-state index contributed by atoms with van der Waals surface area (Å²) in [4.78, 5) is 0. The third-order valence-electron chi connectivity index (χ3n) is 3.16. The Labute approximate surface area is 115 Å². The molecule has 2 rings (SSSR count). The first kappa shape index (κ1) is 14.3. The van der Waals surface area contributed by atoms with E-state index in [1.165, 1.54) is 5.56 Å². The van der Waals surface area contributed by atoms with Gasteiger partial charge in [-0.05, 0) is 31.2 Å². The molecular formula is C15H23NO3. The van der Waals surface area contributed by atoms with Gasteiger partial charge in [0.25, 0.3) is 0 Å². The van der Waals surface area contributed by atoms with Crippen LogP contribution in [0.4, 0.5) is 0 Å². The monoisotopic (exact) mass is 265 g/mol. The molecule has 0 aromatic heterocycles. The van der Waals surface area contributed by atoms with Gasteiger partial charge in [0.15, 0.2) is 6.29 Å². The summed E-state index contributed by atoms with van der Waals surface area (Å²) in [5.74, 6) is 0.912. The van der Waals surface area contributed by atoms with Crippen LogP contribution in [0.1, 0.15) is 31.9 Å². The van der Waals surface area contributed by atoms with Crippen molar-refractivity contribution >= 4 is 0 Å². The predicted octanol–water partition coefficient (Wildman–Crippen LogP) is 2.50.